The van der Waals surface area contributed by atoms with Crippen molar-refractivity contribution >= 4 is 17.1 Å². The number of anilines is 1. The van der Waals surface area contributed by atoms with Crippen molar-refractivity contribution in [2.24, 2.45) is 0 Å². The van der Waals surface area contributed by atoms with E-state index in [4.69, 9.17) is 15.2 Å². The molecule has 3 aromatic rings. The molecule has 2 aromatic heterocycles. The van der Waals surface area contributed by atoms with E-state index >= 15 is 0 Å². The largest absolute Gasteiger partial charge is 0.497 e. The average molecular weight is 270 g/mol. The highest BCUT2D eigenvalue weighted by Gasteiger charge is 2.12. The average Bonchev–Trinajstić information content (AvgIpc) is 2.82. The molecule has 0 fully saturated rings. The quantitative estimate of drug-likeness (QED) is 0.788. The monoisotopic (exact) mass is 270 g/mol. The molecule has 0 aliphatic heterocycles. The molecule has 0 radical (unpaired) electrons. The maximum atomic E-state index is 6.00. The minimum absolute atomic E-state index is 0.369. The zero-order valence-electron chi connectivity index (χ0n) is 11.2. The molecule has 20 heavy (non-hydrogen) atoms. The molecule has 0 saturated carbocycles. The van der Waals surface area contributed by atoms with Crippen LogP contribution in [0.25, 0.3) is 16.9 Å². The second kappa shape index (κ2) is 4.73. The second-order valence-corrected chi connectivity index (χ2v) is 4.20. The molecule has 6 nitrogen and oxygen atoms in total. The number of hydrogen-bond acceptors (Lipinski definition) is 5. The summed E-state index contributed by atoms with van der Waals surface area (Å²) in [7, 11) is 3.19. The van der Waals surface area contributed by atoms with E-state index in [0.29, 0.717) is 23.0 Å². The summed E-state index contributed by atoms with van der Waals surface area (Å²) in [5.41, 5.74) is 8.20. The highest BCUT2D eigenvalue weighted by Crippen LogP contribution is 2.25. The Bertz CT molecular complexity index is 767. The first-order valence-corrected chi connectivity index (χ1v) is 6.06. The Morgan fingerprint density at radius 2 is 1.90 bits per heavy atom. The fourth-order valence-corrected chi connectivity index (χ4v) is 2.08. The normalized spacial score (nSPS) is 10.7. The van der Waals surface area contributed by atoms with Gasteiger partial charge in [0.2, 0.25) is 11.8 Å². The summed E-state index contributed by atoms with van der Waals surface area (Å²) < 4.78 is 12.1. The number of fused-ring (bicyclic) bond motifs is 1. The van der Waals surface area contributed by atoms with E-state index in [1.807, 2.05) is 30.3 Å². The van der Waals surface area contributed by atoms with Crippen LogP contribution in [0.15, 0.2) is 36.4 Å². The number of hydrogen-bond donors (Lipinski definition) is 1. The number of imidazole rings is 1. The van der Waals surface area contributed by atoms with Crippen LogP contribution in [0.1, 0.15) is 0 Å². The number of rotatable bonds is 3. The molecule has 0 atom stereocenters. The third-order valence-corrected chi connectivity index (χ3v) is 3.03. The summed E-state index contributed by atoms with van der Waals surface area (Å²) in [6, 6.07) is 11.1. The minimum atomic E-state index is 0.369. The highest BCUT2D eigenvalue weighted by molar-refractivity contribution is 5.77. The van der Waals surface area contributed by atoms with Gasteiger partial charge in [0.05, 0.1) is 19.9 Å². The van der Waals surface area contributed by atoms with Crippen molar-refractivity contribution < 1.29 is 9.47 Å². The van der Waals surface area contributed by atoms with Crippen LogP contribution in [0.2, 0.25) is 0 Å². The van der Waals surface area contributed by atoms with Gasteiger partial charge in [-0.25, -0.2) is 4.98 Å². The van der Waals surface area contributed by atoms with Crippen molar-refractivity contribution in [3.05, 3.63) is 36.4 Å². The smallest absolute Gasteiger partial charge is 0.215 e. The first kappa shape index (κ1) is 12.3. The van der Waals surface area contributed by atoms with Gasteiger partial charge in [0.25, 0.3) is 0 Å². The van der Waals surface area contributed by atoms with Crippen LogP contribution in [0.5, 0.6) is 11.6 Å². The number of aromatic nitrogens is 3. The molecular weight excluding hydrogens is 256 g/mol. The van der Waals surface area contributed by atoms with E-state index in [9.17, 15) is 0 Å². The van der Waals surface area contributed by atoms with Crippen molar-refractivity contribution in [3.8, 4) is 17.3 Å². The van der Waals surface area contributed by atoms with Gasteiger partial charge in [-0.05, 0) is 18.2 Å². The third-order valence-electron chi connectivity index (χ3n) is 3.03. The molecule has 0 unspecified atom stereocenters. The van der Waals surface area contributed by atoms with E-state index < -0.39 is 0 Å². The number of methoxy groups -OCH3 is 2. The molecule has 0 amide bonds. The molecule has 3 rings (SSSR count). The maximum absolute atomic E-state index is 6.00. The summed E-state index contributed by atoms with van der Waals surface area (Å²) in [5.74, 6) is 1.63. The molecule has 2 heterocycles. The van der Waals surface area contributed by atoms with Gasteiger partial charge in [0.15, 0.2) is 5.65 Å². The van der Waals surface area contributed by atoms with Crippen LogP contribution in [0.4, 0.5) is 5.95 Å². The molecule has 6 heteroatoms. The Morgan fingerprint density at radius 3 is 2.65 bits per heavy atom. The van der Waals surface area contributed by atoms with Crippen molar-refractivity contribution in [2.75, 3.05) is 20.0 Å². The maximum Gasteiger partial charge on any atom is 0.215 e. The van der Waals surface area contributed by atoms with Gasteiger partial charge >= 0.3 is 0 Å². The van der Waals surface area contributed by atoms with Gasteiger partial charge < -0.3 is 15.2 Å². The van der Waals surface area contributed by atoms with Crippen LogP contribution < -0.4 is 15.2 Å². The summed E-state index contributed by atoms with van der Waals surface area (Å²) in [6.07, 6.45) is 0. The van der Waals surface area contributed by atoms with Gasteiger partial charge in [-0.2, -0.15) is 4.98 Å². The number of nitrogens with zero attached hydrogens (tertiary/aromatic N) is 3. The molecule has 0 spiro atoms. The Morgan fingerprint density at radius 1 is 1.05 bits per heavy atom. The van der Waals surface area contributed by atoms with Crippen LogP contribution in [0.3, 0.4) is 0 Å². The van der Waals surface area contributed by atoms with Gasteiger partial charge in [-0.1, -0.05) is 6.07 Å². The fourth-order valence-electron chi connectivity index (χ4n) is 2.08. The number of nitrogen functional groups attached to an aromatic ring is 1. The SMILES string of the molecule is COc1cccc(-n2c(N)nc3ccc(OC)nc32)c1. The van der Waals surface area contributed by atoms with E-state index in [2.05, 4.69) is 9.97 Å². The third kappa shape index (κ3) is 1.91. The first-order chi connectivity index (χ1) is 9.72. The van der Waals surface area contributed by atoms with Crippen molar-refractivity contribution in [1.82, 2.24) is 14.5 Å². The van der Waals surface area contributed by atoms with Gasteiger partial charge in [-0.15, -0.1) is 0 Å². The number of nitrogens with two attached hydrogens (primary N) is 1. The molecule has 1 aromatic carbocycles. The second-order valence-electron chi connectivity index (χ2n) is 4.20. The van der Waals surface area contributed by atoms with Crippen LogP contribution in [-0.4, -0.2) is 28.8 Å². The summed E-state index contributed by atoms with van der Waals surface area (Å²) in [4.78, 5) is 8.71. The van der Waals surface area contributed by atoms with Crippen LogP contribution in [0, 0.1) is 0 Å². The van der Waals surface area contributed by atoms with Crippen LogP contribution >= 0.6 is 0 Å². The summed E-state index contributed by atoms with van der Waals surface area (Å²) in [6.45, 7) is 0. The lowest BCUT2D eigenvalue weighted by Gasteiger charge is -2.08. The highest BCUT2D eigenvalue weighted by atomic mass is 16.5. The molecular formula is C14H14N4O2. The van der Waals surface area contributed by atoms with Gasteiger partial charge in [0, 0.05) is 12.1 Å². The standard InChI is InChI=1S/C14H14N4O2/c1-19-10-5-3-4-9(8-10)18-13-11(16-14(18)15)6-7-12(17-13)20-2/h3-8H,1-2H3,(H2,15,16). The number of benzene rings is 1. The Balaban J connectivity index is 2.25. The lowest BCUT2D eigenvalue weighted by molar-refractivity contribution is 0.399. The Hall–Kier alpha value is -2.76. The Labute approximate surface area is 115 Å². The van der Waals surface area contributed by atoms with Gasteiger partial charge in [-0.3, -0.25) is 4.57 Å². The summed E-state index contributed by atoms with van der Waals surface area (Å²) >= 11 is 0. The van der Waals surface area contributed by atoms with Crippen molar-refractivity contribution in [1.29, 1.82) is 0 Å². The lowest BCUT2D eigenvalue weighted by Crippen LogP contribution is -2.02. The van der Waals surface area contributed by atoms with E-state index in [-0.39, 0.29) is 0 Å². The van der Waals surface area contributed by atoms with Gasteiger partial charge in [0.1, 0.15) is 11.3 Å². The van der Waals surface area contributed by atoms with Crippen molar-refractivity contribution in [2.45, 2.75) is 0 Å². The minimum Gasteiger partial charge on any atom is -0.497 e. The van der Waals surface area contributed by atoms with E-state index in [0.717, 1.165) is 11.4 Å². The molecule has 0 aliphatic carbocycles. The van der Waals surface area contributed by atoms with E-state index in [1.165, 1.54) is 0 Å². The lowest BCUT2D eigenvalue weighted by atomic mass is 10.3. The zero-order chi connectivity index (χ0) is 14.1. The van der Waals surface area contributed by atoms with Crippen molar-refractivity contribution in [3.63, 3.8) is 0 Å². The van der Waals surface area contributed by atoms with Crippen LogP contribution in [-0.2, 0) is 0 Å². The summed E-state index contributed by atoms with van der Waals surface area (Å²) in [5, 5.41) is 0. The topological polar surface area (TPSA) is 75.2 Å². The predicted molar refractivity (Wildman–Crippen MR) is 76.4 cm³/mol. The predicted octanol–water partition coefficient (Wildman–Crippen LogP) is 2.02. The number of ether oxygens (including phenoxy) is 2. The number of pyridine rings is 1. The fraction of sp³-hybridized carbons (Fsp3) is 0.143. The molecule has 0 saturated heterocycles. The molecule has 102 valence electrons. The Kier molecular flexibility index (Phi) is 2.90. The van der Waals surface area contributed by atoms with E-state index in [1.54, 1.807) is 24.9 Å². The zero-order valence-corrected chi connectivity index (χ0v) is 11.2. The first-order valence-electron chi connectivity index (χ1n) is 6.06. The molecule has 0 aliphatic rings. The molecule has 0 bridgehead atoms. The molecule has 2 N–H and O–H groups in total.